The van der Waals surface area contributed by atoms with Crippen molar-refractivity contribution in [2.24, 2.45) is 0 Å². The first-order valence-corrected chi connectivity index (χ1v) is 10.7. The Labute approximate surface area is 193 Å². The quantitative estimate of drug-likeness (QED) is 0.359. The molecule has 0 unspecified atom stereocenters. The SMILES string of the molecule is CC(C)(C)OC(=O)Cn1c2ccccc2c2cc(-n3c(N)c4c(cc3=O)C(=O)NC4=O)ccc21. The molecule has 0 saturated carbocycles. The number of hydrogen-bond donors (Lipinski definition) is 2. The van der Waals surface area contributed by atoms with E-state index in [4.69, 9.17) is 10.5 Å². The van der Waals surface area contributed by atoms with Crippen molar-refractivity contribution in [1.82, 2.24) is 14.5 Å². The Hall–Kier alpha value is -4.40. The summed E-state index contributed by atoms with van der Waals surface area (Å²) in [6.07, 6.45) is 0. The van der Waals surface area contributed by atoms with Crippen LogP contribution in [0.5, 0.6) is 0 Å². The van der Waals surface area contributed by atoms with Gasteiger partial charge in [-0.25, -0.2) is 0 Å². The molecule has 2 amide bonds. The summed E-state index contributed by atoms with van der Waals surface area (Å²) in [5, 5.41) is 3.84. The summed E-state index contributed by atoms with van der Waals surface area (Å²) in [6, 6.07) is 14.0. The van der Waals surface area contributed by atoms with E-state index in [9.17, 15) is 19.2 Å². The molecule has 2 aromatic heterocycles. The van der Waals surface area contributed by atoms with Crippen LogP contribution in [0.3, 0.4) is 0 Å². The van der Waals surface area contributed by atoms with Gasteiger partial charge in [-0.2, -0.15) is 0 Å². The number of para-hydroxylation sites is 1. The second-order valence-electron chi connectivity index (χ2n) is 9.17. The van der Waals surface area contributed by atoms with Crippen molar-refractivity contribution < 1.29 is 19.1 Å². The molecule has 9 nitrogen and oxygen atoms in total. The van der Waals surface area contributed by atoms with E-state index in [2.05, 4.69) is 5.32 Å². The number of fused-ring (bicyclic) bond motifs is 4. The van der Waals surface area contributed by atoms with Gasteiger partial charge < -0.3 is 15.0 Å². The molecule has 9 heteroatoms. The number of nitrogens with one attached hydrogen (secondary N) is 1. The second-order valence-corrected chi connectivity index (χ2v) is 9.17. The number of esters is 1. The lowest BCUT2D eigenvalue weighted by molar-refractivity contribution is -0.155. The van der Waals surface area contributed by atoms with Crippen molar-refractivity contribution >= 4 is 45.4 Å². The number of carbonyl (C=O) groups excluding carboxylic acids is 3. The zero-order valence-corrected chi connectivity index (χ0v) is 18.8. The smallest absolute Gasteiger partial charge is 0.326 e. The predicted molar refractivity (Wildman–Crippen MR) is 127 cm³/mol. The van der Waals surface area contributed by atoms with Crippen molar-refractivity contribution in [3.05, 3.63) is 70.0 Å². The minimum atomic E-state index is -0.642. The first kappa shape index (κ1) is 21.4. The van der Waals surface area contributed by atoms with Crippen LogP contribution < -0.4 is 16.6 Å². The van der Waals surface area contributed by atoms with Gasteiger partial charge in [0.05, 0.1) is 16.8 Å². The van der Waals surface area contributed by atoms with Crippen LogP contribution in [-0.4, -0.2) is 32.5 Å². The van der Waals surface area contributed by atoms with E-state index in [-0.39, 0.29) is 29.5 Å². The third-order valence-corrected chi connectivity index (χ3v) is 5.67. The number of nitrogens with two attached hydrogens (primary N) is 1. The summed E-state index contributed by atoms with van der Waals surface area (Å²) >= 11 is 0. The average Bonchev–Trinajstić information content (AvgIpc) is 3.20. The minimum absolute atomic E-state index is 0.0166. The molecule has 0 aliphatic carbocycles. The van der Waals surface area contributed by atoms with Crippen molar-refractivity contribution in [1.29, 1.82) is 0 Å². The van der Waals surface area contributed by atoms with Gasteiger partial charge in [0.25, 0.3) is 17.4 Å². The van der Waals surface area contributed by atoms with Gasteiger partial charge >= 0.3 is 5.97 Å². The minimum Gasteiger partial charge on any atom is -0.459 e. The molecule has 0 atom stereocenters. The van der Waals surface area contributed by atoms with Crippen LogP contribution in [0.25, 0.3) is 27.5 Å². The number of nitrogen functional groups attached to an aromatic ring is 1. The number of anilines is 1. The van der Waals surface area contributed by atoms with E-state index in [1.807, 2.05) is 49.6 Å². The first-order valence-electron chi connectivity index (χ1n) is 10.7. The number of carbonyl (C=O) groups is 3. The van der Waals surface area contributed by atoms with Gasteiger partial charge in [-0.3, -0.25) is 29.1 Å². The van der Waals surface area contributed by atoms with E-state index in [1.54, 1.807) is 18.2 Å². The first-order chi connectivity index (χ1) is 16.0. The summed E-state index contributed by atoms with van der Waals surface area (Å²) in [7, 11) is 0. The van der Waals surface area contributed by atoms with Crippen LogP contribution in [0.4, 0.5) is 5.82 Å². The Kier molecular flexibility index (Phi) is 4.61. The highest BCUT2D eigenvalue weighted by Crippen LogP contribution is 2.32. The lowest BCUT2D eigenvalue weighted by Gasteiger charge is -2.20. The number of rotatable bonds is 3. The van der Waals surface area contributed by atoms with Crippen LogP contribution in [0.15, 0.2) is 53.3 Å². The standard InChI is InChI=1S/C25H22N4O5/c1-25(2,3)34-20(31)12-28-17-7-5-4-6-14(17)15-10-13(8-9-18(15)28)29-19(30)11-16-21(22(29)26)24(33)27-23(16)32/h4-11H,12,26H2,1-3H3,(H,27,32,33). The molecule has 2 aromatic carbocycles. The average molecular weight is 458 g/mol. The van der Waals surface area contributed by atoms with E-state index in [1.165, 1.54) is 4.57 Å². The van der Waals surface area contributed by atoms with Crippen molar-refractivity contribution in [2.45, 2.75) is 32.9 Å². The third kappa shape index (κ3) is 3.33. The Morgan fingerprint density at radius 2 is 1.68 bits per heavy atom. The van der Waals surface area contributed by atoms with Gasteiger partial charge in [-0.15, -0.1) is 0 Å². The lowest BCUT2D eigenvalue weighted by Crippen LogP contribution is -2.26. The molecule has 172 valence electrons. The summed E-state index contributed by atoms with van der Waals surface area (Å²) in [6.45, 7) is 5.46. The molecule has 5 rings (SSSR count). The highest BCUT2D eigenvalue weighted by atomic mass is 16.6. The van der Waals surface area contributed by atoms with E-state index < -0.39 is 23.0 Å². The van der Waals surface area contributed by atoms with Crippen LogP contribution in [-0.2, 0) is 16.1 Å². The summed E-state index contributed by atoms with van der Waals surface area (Å²) in [4.78, 5) is 49.6. The number of pyridine rings is 1. The highest BCUT2D eigenvalue weighted by molar-refractivity contribution is 6.23. The zero-order chi connectivity index (χ0) is 24.4. The Balaban J connectivity index is 1.69. The molecule has 1 aliphatic rings. The highest BCUT2D eigenvalue weighted by Gasteiger charge is 2.32. The van der Waals surface area contributed by atoms with Crippen LogP contribution >= 0.6 is 0 Å². The fourth-order valence-corrected chi connectivity index (χ4v) is 4.40. The predicted octanol–water partition coefficient (Wildman–Crippen LogP) is 2.75. The fourth-order valence-electron chi connectivity index (χ4n) is 4.40. The summed E-state index contributed by atoms with van der Waals surface area (Å²) in [5.74, 6) is -1.76. The molecule has 0 fully saturated rings. The topological polar surface area (TPSA) is 125 Å². The van der Waals surface area contributed by atoms with E-state index in [0.29, 0.717) is 5.69 Å². The molecule has 4 aromatic rings. The van der Waals surface area contributed by atoms with Crippen LogP contribution in [0, 0.1) is 0 Å². The maximum absolute atomic E-state index is 12.9. The number of amides is 2. The Morgan fingerprint density at radius 3 is 2.41 bits per heavy atom. The maximum Gasteiger partial charge on any atom is 0.326 e. The zero-order valence-electron chi connectivity index (χ0n) is 18.8. The van der Waals surface area contributed by atoms with Crippen molar-refractivity contribution in [3.8, 4) is 5.69 Å². The molecule has 0 bridgehead atoms. The molecule has 34 heavy (non-hydrogen) atoms. The molecule has 3 heterocycles. The summed E-state index contributed by atoms with van der Waals surface area (Å²) < 4.78 is 8.58. The van der Waals surface area contributed by atoms with Gasteiger partial charge in [-0.1, -0.05) is 18.2 Å². The van der Waals surface area contributed by atoms with Gasteiger partial charge in [-0.05, 0) is 45.0 Å². The third-order valence-electron chi connectivity index (χ3n) is 5.67. The number of ether oxygens (including phenoxy) is 1. The van der Waals surface area contributed by atoms with Gasteiger partial charge in [0.1, 0.15) is 18.0 Å². The normalized spacial score (nSPS) is 13.4. The molecule has 3 N–H and O–H groups in total. The molecule has 1 aliphatic heterocycles. The van der Waals surface area contributed by atoms with Gasteiger partial charge in [0.2, 0.25) is 0 Å². The monoisotopic (exact) mass is 458 g/mol. The van der Waals surface area contributed by atoms with Crippen molar-refractivity contribution in [3.63, 3.8) is 0 Å². The molecular weight excluding hydrogens is 436 g/mol. The van der Waals surface area contributed by atoms with Crippen LogP contribution in [0.1, 0.15) is 41.5 Å². The fraction of sp³-hybridized carbons (Fsp3) is 0.200. The number of imide groups is 1. The largest absolute Gasteiger partial charge is 0.459 e. The van der Waals surface area contributed by atoms with Gasteiger partial charge in [0.15, 0.2) is 0 Å². The number of benzene rings is 2. The lowest BCUT2D eigenvalue weighted by atomic mass is 10.1. The van der Waals surface area contributed by atoms with E-state index >= 15 is 0 Å². The molecule has 0 saturated heterocycles. The second kappa shape index (κ2) is 7.31. The van der Waals surface area contributed by atoms with Crippen molar-refractivity contribution in [2.75, 3.05) is 5.73 Å². The number of nitrogens with zero attached hydrogens (tertiary/aromatic N) is 2. The molecular formula is C25H22N4O5. The summed E-state index contributed by atoms with van der Waals surface area (Å²) in [5.41, 5.74) is 7.05. The van der Waals surface area contributed by atoms with E-state index in [0.717, 1.165) is 27.9 Å². The molecule has 0 radical (unpaired) electrons. The molecule has 0 spiro atoms. The number of aromatic nitrogens is 2. The maximum atomic E-state index is 12.9. The van der Waals surface area contributed by atoms with Gasteiger partial charge in [0, 0.05) is 27.9 Å². The Morgan fingerprint density at radius 1 is 0.971 bits per heavy atom. The van der Waals surface area contributed by atoms with Crippen LogP contribution in [0.2, 0.25) is 0 Å². The number of hydrogen-bond acceptors (Lipinski definition) is 6. The Bertz CT molecular complexity index is 1600.